The number of unbranched alkanes of at least 4 members (excludes halogenated alkanes) is 1. The van der Waals surface area contributed by atoms with Crippen molar-refractivity contribution < 1.29 is 9.53 Å². The van der Waals surface area contributed by atoms with Crippen LogP contribution >= 0.6 is 11.6 Å². The first-order chi connectivity index (χ1) is 12.5. The second-order valence-electron chi connectivity index (χ2n) is 6.10. The minimum atomic E-state index is -0.640. The Morgan fingerprint density at radius 3 is 2.65 bits per heavy atom. The zero-order valence-electron chi connectivity index (χ0n) is 14.7. The topological polar surface area (TPSA) is 61.2 Å². The van der Waals surface area contributed by atoms with Crippen molar-refractivity contribution in [3.05, 3.63) is 69.1 Å². The van der Waals surface area contributed by atoms with Gasteiger partial charge in [-0.15, -0.1) is 0 Å². The van der Waals surface area contributed by atoms with Gasteiger partial charge in [-0.05, 0) is 37.1 Å². The molecule has 0 aliphatic carbocycles. The van der Waals surface area contributed by atoms with Crippen molar-refractivity contribution in [2.24, 2.45) is 0 Å². The number of carbonyl (C=O) groups is 1. The van der Waals surface area contributed by atoms with Gasteiger partial charge >= 0.3 is 5.97 Å². The number of aryl methyl sites for hydroxylation is 2. The van der Waals surface area contributed by atoms with Gasteiger partial charge in [0.25, 0.3) is 5.56 Å². The summed E-state index contributed by atoms with van der Waals surface area (Å²) in [6.45, 7) is 4.36. The number of hydrogen-bond donors (Lipinski definition) is 0. The zero-order chi connectivity index (χ0) is 18.7. The second-order valence-corrected chi connectivity index (χ2v) is 6.51. The normalized spacial score (nSPS) is 10.9. The van der Waals surface area contributed by atoms with Crippen LogP contribution in [0.25, 0.3) is 10.8 Å². The molecule has 0 spiro atoms. The van der Waals surface area contributed by atoms with Crippen LogP contribution in [0.1, 0.15) is 35.8 Å². The van der Waals surface area contributed by atoms with Crippen LogP contribution in [0, 0.1) is 6.92 Å². The molecule has 1 heterocycles. The van der Waals surface area contributed by atoms with Crippen molar-refractivity contribution >= 4 is 28.3 Å². The van der Waals surface area contributed by atoms with E-state index in [9.17, 15) is 9.59 Å². The van der Waals surface area contributed by atoms with E-state index in [0.717, 1.165) is 18.4 Å². The number of ether oxygens (including phenoxy) is 1. The summed E-state index contributed by atoms with van der Waals surface area (Å²) < 4.78 is 6.80. The Labute approximate surface area is 156 Å². The third kappa shape index (κ3) is 3.63. The average Bonchev–Trinajstić information content (AvgIpc) is 2.64. The summed E-state index contributed by atoms with van der Waals surface area (Å²) in [7, 11) is 0. The van der Waals surface area contributed by atoms with Crippen LogP contribution in [0.5, 0.6) is 5.75 Å². The van der Waals surface area contributed by atoms with Crippen LogP contribution < -0.4 is 10.3 Å². The summed E-state index contributed by atoms with van der Waals surface area (Å²) in [5.41, 5.74) is 0.816. The Kier molecular flexibility index (Phi) is 5.38. The molecule has 1 aromatic heterocycles. The van der Waals surface area contributed by atoms with Gasteiger partial charge in [0.1, 0.15) is 5.75 Å². The average molecular weight is 371 g/mol. The number of nitrogens with zero attached hydrogens (tertiary/aromatic N) is 2. The van der Waals surface area contributed by atoms with Gasteiger partial charge in [0, 0.05) is 11.9 Å². The molecule has 3 rings (SSSR count). The summed E-state index contributed by atoms with van der Waals surface area (Å²) in [6.07, 6.45) is 1.71. The Balaban J connectivity index is 2.08. The molecular weight excluding hydrogens is 352 g/mol. The molecule has 26 heavy (non-hydrogen) atoms. The fourth-order valence-corrected chi connectivity index (χ4v) is 2.84. The molecule has 2 aromatic carbocycles. The molecule has 3 aromatic rings. The molecule has 0 saturated carbocycles. The van der Waals surface area contributed by atoms with Gasteiger partial charge in [-0.25, -0.2) is 9.48 Å². The lowest BCUT2D eigenvalue weighted by atomic mass is 10.1. The number of benzene rings is 2. The van der Waals surface area contributed by atoms with Gasteiger partial charge in [-0.2, -0.15) is 5.10 Å². The molecule has 0 bridgehead atoms. The van der Waals surface area contributed by atoms with Gasteiger partial charge in [0.05, 0.1) is 10.4 Å². The van der Waals surface area contributed by atoms with Crippen molar-refractivity contribution in [1.29, 1.82) is 0 Å². The fourth-order valence-electron chi connectivity index (χ4n) is 2.68. The predicted molar refractivity (Wildman–Crippen MR) is 102 cm³/mol. The van der Waals surface area contributed by atoms with Crippen molar-refractivity contribution in [1.82, 2.24) is 9.78 Å². The van der Waals surface area contributed by atoms with Crippen LogP contribution in [0.15, 0.2) is 47.3 Å². The zero-order valence-corrected chi connectivity index (χ0v) is 15.4. The summed E-state index contributed by atoms with van der Waals surface area (Å²) >= 11 is 6.12. The van der Waals surface area contributed by atoms with Gasteiger partial charge in [0.2, 0.25) is 0 Å². The van der Waals surface area contributed by atoms with Crippen LogP contribution in [-0.4, -0.2) is 15.7 Å². The molecule has 0 unspecified atom stereocenters. The maximum atomic E-state index is 12.8. The third-order valence-electron chi connectivity index (χ3n) is 4.07. The minimum Gasteiger partial charge on any atom is -0.420 e. The molecule has 0 saturated heterocycles. The Morgan fingerprint density at radius 2 is 1.92 bits per heavy atom. The first-order valence-electron chi connectivity index (χ1n) is 8.49. The molecule has 6 heteroatoms. The molecule has 0 amide bonds. The second kappa shape index (κ2) is 7.70. The lowest BCUT2D eigenvalue weighted by Crippen LogP contribution is -2.27. The number of hydrogen-bond acceptors (Lipinski definition) is 4. The highest BCUT2D eigenvalue weighted by atomic mass is 35.5. The summed E-state index contributed by atoms with van der Waals surface area (Å²) in [5, 5.41) is 5.53. The number of halogens is 1. The van der Waals surface area contributed by atoms with Crippen LogP contribution in [0.4, 0.5) is 0 Å². The standard InChI is InChI=1S/C20H19ClN2O3/c1-3-4-11-23-19(24)15-8-6-5-7-14(15)18(22-23)20(25)26-17-12-13(2)9-10-16(17)21/h5-10,12H,3-4,11H2,1-2H3. The fraction of sp³-hybridized carbons (Fsp3) is 0.250. The van der Waals surface area contributed by atoms with E-state index in [-0.39, 0.29) is 17.0 Å². The number of carbonyl (C=O) groups excluding carboxylic acids is 1. The number of rotatable bonds is 5. The molecule has 0 radical (unpaired) electrons. The molecule has 5 nitrogen and oxygen atoms in total. The van der Waals surface area contributed by atoms with Gasteiger partial charge < -0.3 is 4.74 Å². The van der Waals surface area contributed by atoms with E-state index in [1.807, 2.05) is 19.9 Å². The van der Waals surface area contributed by atoms with E-state index in [0.29, 0.717) is 22.3 Å². The van der Waals surface area contributed by atoms with E-state index in [1.54, 1.807) is 36.4 Å². The molecule has 0 aliphatic rings. The number of esters is 1. The van der Waals surface area contributed by atoms with Crippen molar-refractivity contribution in [3.8, 4) is 5.75 Å². The maximum Gasteiger partial charge on any atom is 0.364 e. The summed E-state index contributed by atoms with van der Waals surface area (Å²) in [5.74, 6) is -0.368. The van der Waals surface area contributed by atoms with E-state index in [4.69, 9.17) is 16.3 Å². The van der Waals surface area contributed by atoms with E-state index in [1.165, 1.54) is 4.68 Å². The molecule has 0 N–H and O–H groups in total. The first-order valence-corrected chi connectivity index (χ1v) is 8.87. The lowest BCUT2D eigenvalue weighted by molar-refractivity contribution is 0.0728. The highest BCUT2D eigenvalue weighted by Crippen LogP contribution is 2.26. The Hall–Kier alpha value is -2.66. The molecule has 0 aliphatic heterocycles. The smallest absolute Gasteiger partial charge is 0.364 e. The van der Waals surface area contributed by atoms with Gasteiger partial charge in [-0.1, -0.05) is 49.2 Å². The molecule has 134 valence electrons. The molecule has 0 atom stereocenters. The third-order valence-corrected chi connectivity index (χ3v) is 4.39. The SMILES string of the molecule is CCCCn1nc(C(=O)Oc2cc(C)ccc2Cl)c2ccccc2c1=O. The van der Waals surface area contributed by atoms with Gasteiger partial charge in [-0.3, -0.25) is 4.79 Å². The van der Waals surface area contributed by atoms with Crippen LogP contribution in [0.2, 0.25) is 5.02 Å². The minimum absolute atomic E-state index is 0.105. The van der Waals surface area contributed by atoms with Crippen molar-refractivity contribution in [2.75, 3.05) is 0 Å². The van der Waals surface area contributed by atoms with E-state index < -0.39 is 5.97 Å². The quantitative estimate of drug-likeness (QED) is 0.494. The monoisotopic (exact) mass is 370 g/mol. The van der Waals surface area contributed by atoms with Crippen LogP contribution in [0.3, 0.4) is 0 Å². The Morgan fingerprint density at radius 1 is 1.19 bits per heavy atom. The van der Waals surface area contributed by atoms with Crippen molar-refractivity contribution in [3.63, 3.8) is 0 Å². The summed E-state index contributed by atoms with van der Waals surface area (Å²) in [4.78, 5) is 25.4. The van der Waals surface area contributed by atoms with Crippen LogP contribution in [-0.2, 0) is 6.54 Å². The number of fused-ring (bicyclic) bond motifs is 1. The molecular formula is C20H19ClN2O3. The lowest BCUT2D eigenvalue weighted by Gasteiger charge is -2.11. The first kappa shape index (κ1) is 18.1. The molecule has 0 fully saturated rings. The highest BCUT2D eigenvalue weighted by molar-refractivity contribution is 6.32. The number of aromatic nitrogens is 2. The summed E-state index contributed by atoms with van der Waals surface area (Å²) in [6, 6.07) is 12.1. The van der Waals surface area contributed by atoms with E-state index >= 15 is 0 Å². The Bertz CT molecular complexity index is 1030. The van der Waals surface area contributed by atoms with E-state index in [2.05, 4.69) is 5.10 Å². The van der Waals surface area contributed by atoms with Gasteiger partial charge in [0.15, 0.2) is 5.69 Å². The maximum absolute atomic E-state index is 12.8. The van der Waals surface area contributed by atoms with Crippen molar-refractivity contribution in [2.45, 2.75) is 33.2 Å². The largest absolute Gasteiger partial charge is 0.420 e. The highest BCUT2D eigenvalue weighted by Gasteiger charge is 2.19. The predicted octanol–water partition coefficient (Wildman–Crippen LogP) is 4.38.